The number of anilines is 1. The van der Waals surface area contributed by atoms with E-state index in [1.165, 1.54) is 32.1 Å². The number of amides is 1. The molecule has 0 spiro atoms. The zero-order valence-corrected chi connectivity index (χ0v) is 21.7. The number of carbonyl (C=O) groups excluding carboxylic acids is 1. The van der Waals surface area contributed by atoms with Gasteiger partial charge in [-0.05, 0) is 59.5 Å². The van der Waals surface area contributed by atoms with Gasteiger partial charge in [0, 0.05) is 42.7 Å². The van der Waals surface area contributed by atoms with Gasteiger partial charge in [-0.3, -0.25) is 4.79 Å². The molecule has 1 saturated carbocycles. The van der Waals surface area contributed by atoms with E-state index in [2.05, 4.69) is 31.2 Å². The predicted octanol–water partition coefficient (Wildman–Crippen LogP) is 6.43. The van der Waals surface area contributed by atoms with E-state index in [-0.39, 0.29) is 0 Å². The maximum Gasteiger partial charge on any atom is 0.222 e. The molecule has 34 heavy (non-hydrogen) atoms. The first-order chi connectivity index (χ1) is 16.6. The van der Waals surface area contributed by atoms with Gasteiger partial charge < -0.3 is 10.2 Å². The van der Waals surface area contributed by atoms with Gasteiger partial charge in [-0.15, -0.1) is 0 Å². The third kappa shape index (κ3) is 5.25. The van der Waals surface area contributed by atoms with Crippen LogP contribution in [0.5, 0.6) is 0 Å². The summed E-state index contributed by atoms with van der Waals surface area (Å²) in [6, 6.07) is 9.76. The molecule has 1 amide bonds. The second-order valence-corrected chi connectivity index (χ2v) is 10.9. The second kappa shape index (κ2) is 10.6. The summed E-state index contributed by atoms with van der Waals surface area (Å²) in [6.07, 6.45) is 10.9. The third-order valence-corrected chi connectivity index (χ3v) is 8.19. The molecular formula is C26H31BrClN5O. The number of nitrogens with one attached hydrogen (secondary N) is 1. The molecule has 180 valence electrons. The number of hydrogen-bond acceptors (Lipinski definition) is 4. The van der Waals surface area contributed by atoms with Crippen LogP contribution in [0, 0.1) is 11.8 Å². The molecule has 2 aliphatic rings. The van der Waals surface area contributed by atoms with Gasteiger partial charge in [-0.25, -0.2) is 4.98 Å². The summed E-state index contributed by atoms with van der Waals surface area (Å²) in [6.45, 7) is 2.56. The molecule has 1 N–H and O–H groups in total. The van der Waals surface area contributed by atoms with Crippen LogP contribution in [-0.4, -0.2) is 45.0 Å². The first-order valence-electron chi connectivity index (χ1n) is 12.4. The van der Waals surface area contributed by atoms with Crippen molar-refractivity contribution in [3.63, 3.8) is 0 Å². The standard InChI is InChI=1S/C26H31BrClN5O/c27-21-17-30-33-24(15-23(31-26(21)33)20-8-4-5-9-22(20)28)29-16-19-10-12-32(13-11-19)25(34)14-18-6-2-1-3-7-18/h4-5,8-9,15,17-19,29H,1-3,6-7,10-14,16H2. The van der Waals surface area contributed by atoms with Gasteiger partial charge in [-0.2, -0.15) is 9.61 Å². The number of hydrogen-bond donors (Lipinski definition) is 1. The van der Waals surface area contributed by atoms with E-state index in [9.17, 15) is 4.79 Å². The van der Waals surface area contributed by atoms with Crippen molar-refractivity contribution in [1.29, 1.82) is 0 Å². The SMILES string of the molecule is O=C(CC1CCCCC1)N1CCC(CNc2cc(-c3ccccc3Cl)nc3c(Br)cnn23)CC1. The van der Waals surface area contributed by atoms with Crippen LogP contribution in [0.1, 0.15) is 51.4 Å². The number of nitrogens with zero attached hydrogens (tertiary/aromatic N) is 4. The van der Waals surface area contributed by atoms with Gasteiger partial charge in [0.25, 0.3) is 0 Å². The monoisotopic (exact) mass is 543 g/mol. The van der Waals surface area contributed by atoms with Crippen LogP contribution >= 0.6 is 27.5 Å². The van der Waals surface area contributed by atoms with Crippen molar-refractivity contribution >= 4 is 44.9 Å². The fourth-order valence-corrected chi connectivity index (χ4v) is 5.85. The van der Waals surface area contributed by atoms with E-state index in [1.54, 1.807) is 6.20 Å². The largest absolute Gasteiger partial charge is 0.370 e. The Morgan fingerprint density at radius 2 is 1.85 bits per heavy atom. The first-order valence-corrected chi connectivity index (χ1v) is 13.6. The van der Waals surface area contributed by atoms with Crippen molar-refractivity contribution in [1.82, 2.24) is 19.5 Å². The molecule has 8 heteroatoms. The Labute approximate surface area is 214 Å². The molecule has 1 aliphatic heterocycles. The number of fused-ring (bicyclic) bond motifs is 1. The fraction of sp³-hybridized carbons (Fsp3) is 0.500. The lowest BCUT2D eigenvalue weighted by Crippen LogP contribution is -2.40. The van der Waals surface area contributed by atoms with Crippen molar-refractivity contribution in [3.05, 3.63) is 46.0 Å². The average Bonchev–Trinajstić information content (AvgIpc) is 3.24. The second-order valence-electron chi connectivity index (χ2n) is 9.65. The van der Waals surface area contributed by atoms with E-state index in [4.69, 9.17) is 16.6 Å². The average molecular weight is 545 g/mol. The van der Waals surface area contributed by atoms with E-state index < -0.39 is 0 Å². The van der Waals surface area contributed by atoms with Crippen LogP contribution in [0.25, 0.3) is 16.9 Å². The number of benzene rings is 1. The van der Waals surface area contributed by atoms with Crippen LogP contribution < -0.4 is 5.32 Å². The van der Waals surface area contributed by atoms with E-state index in [1.807, 2.05) is 34.8 Å². The highest BCUT2D eigenvalue weighted by atomic mass is 79.9. The summed E-state index contributed by atoms with van der Waals surface area (Å²) in [5.41, 5.74) is 2.46. The van der Waals surface area contributed by atoms with Gasteiger partial charge in [-0.1, -0.05) is 49.1 Å². The van der Waals surface area contributed by atoms with E-state index >= 15 is 0 Å². The van der Waals surface area contributed by atoms with Crippen LogP contribution in [0.2, 0.25) is 5.02 Å². The predicted molar refractivity (Wildman–Crippen MR) is 140 cm³/mol. The number of likely N-dealkylation sites (tertiary alicyclic amines) is 1. The van der Waals surface area contributed by atoms with E-state index in [0.29, 0.717) is 22.8 Å². The lowest BCUT2D eigenvalue weighted by molar-refractivity contribution is -0.133. The molecule has 2 aromatic heterocycles. The molecule has 6 nitrogen and oxygen atoms in total. The molecule has 1 aromatic carbocycles. The topological polar surface area (TPSA) is 62.5 Å². The molecule has 3 heterocycles. The maximum atomic E-state index is 12.8. The zero-order chi connectivity index (χ0) is 23.5. The Balaban J connectivity index is 1.22. The van der Waals surface area contributed by atoms with Gasteiger partial charge in [0.1, 0.15) is 5.82 Å². The molecule has 0 bridgehead atoms. The summed E-state index contributed by atoms with van der Waals surface area (Å²) in [5, 5.41) is 8.76. The van der Waals surface area contributed by atoms with Crippen molar-refractivity contribution in [3.8, 4) is 11.3 Å². The highest BCUT2D eigenvalue weighted by Crippen LogP contribution is 2.31. The van der Waals surface area contributed by atoms with Crippen LogP contribution in [0.4, 0.5) is 5.82 Å². The summed E-state index contributed by atoms with van der Waals surface area (Å²) in [7, 11) is 0. The van der Waals surface area contributed by atoms with Crippen LogP contribution in [-0.2, 0) is 4.79 Å². The minimum atomic E-state index is 0.361. The Morgan fingerprint density at radius 1 is 1.09 bits per heavy atom. The summed E-state index contributed by atoms with van der Waals surface area (Å²) in [5.74, 6) is 2.38. The summed E-state index contributed by atoms with van der Waals surface area (Å²) >= 11 is 10.0. The quantitative estimate of drug-likeness (QED) is 0.388. The molecule has 0 radical (unpaired) electrons. The minimum Gasteiger partial charge on any atom is -0.370 e. The van der Waals surface area contributed by atoms with Gasteiger partial charge in [0.05, 0.1) is 16.4 Å². The number of rotatable bonds is 6. The molecule has 3 aromatic rings. The molecule has 0 atom stereocenters. The van der Waals surface area contributed by atoms with Crippen LogP contribution in [0.3, 0.4) is 0 Å². The zero-order valence-electron chi connectivity index (χ0n) is 19.4. The van der Waals surface area contributed by atoms with Crippen molar-refractivity contribution in [2.24, 2.45) is 11.8 Å². The fourth-order valence-electron chi connectivity index (χ4n) is 5.27. The molecular weight excluding hydrogens is 514 g/mol. The third-order valence-electron chi connectivity index (χ3n) is 7.31. The van der Waals surface area contributed by atoms with Crippen molar-refractivity contribution in [2.75, 3.05) is 25.0 Å². The smallest absolute Gasteiger partial charge is 0.222 e. The van der Waals surface area contributed by atoms with Crippen LogP contribution in [0.15, 0.2) is 41.0 Å². The van der Waals surface area contributed by atoms with Gasteiger partial charge >= 0.3 is 0 Å². The number of halogens is 2. The van der Waals surface area contributed by atoms with Crippen molar-refractivity contribution in [2.45, 2.75) is 51.4 Å². The Bertz CT molecular complexity index is 1150. The molecule has 2 fully saturated rings. The minimum absolute atomic E-state index is 0.361. The molecule has 0 unspecified atom stereocenters. The Hall–Kier alpha value is -2.12. The number of carbonyl (C=O) groups is 1. The normalized spacial score (nSPS) is 17.9. The van der Waals surface area contributed by atoms with Gasteiger partial charge in [0.2, 0.25) is 5.91 Å². The number of aromatic nitrogens is 3. The highest BCUT2D eigenvalue weighted by Gasteiger charge is 2.25. The maximum absolute atomic E-state index is 12.8. The molecule has 1 aliphatic carbocycles. The van der Waals surface area contributed by atoms with E-state index in [0.717, 1.165) is 66.1 Å². The van der Waals surface area contributed by atoms with Crippen molar-refractivity contribution < 1.29 is 4.79 Å². The first kappa shape index (κ1) is 23.6. The Kier molecular flexibility index (Phi) is 7.40. The lowest BCUT2D eigenvalue weighted by Gasteiger charge is -2.33. The highest BCUT2D eigenvalue weighted by molar-refractivity contribution is 9.10. The summed E-state index contributed by atoms with van der Waals surface area (Å²) in [4.78, 5) is 19.7. The number of piperidine rings is 1. The Morgan fingerprint density at radius 3 is 2.62 bits per heavy atom. The van der Waals surface area contributed by atoms with Gasteiger partial charge in [0.15, 0.2) is 5.65 Å². The molecule has 1 saturated heterocycles. The molecule has 5 rings (SSSR count). The lowest BCUT2D eigenvalue weighted by atomic mass is 9.86. The summed E-state index contributed by atoms with van der Waals surface area (Å²) < 4.78 is 2.67.